The lowest BCUT2D eigenvalue weighted by Gasteiger charge is -2.17. The molecule has 1 atom stereocenters. The first-order chi connectivity index (χ1) is 11.4. The van der Waals surface area contributed by atoms with E-state index in [9.17, 15) is 22.0 Å². The van der Waals surface area contributed by atoms with E-state index in [4.69, 9.17) is 0 Å². The Morgan fingerprint density at radius 1 is 1.04 bits per heavy atom. The summed E-state index contributed by atoms with van der Waals surface area (Å²) in [5.74, 6) is -2.78. The van der Waals surface area contributed by atoms with Gasteiger partial charge < -0.3 is 4.90 Å². The van der Waals surface area contributed by atoms with Gasteiger partial charge >= 0.3 is 0 Å². The normalized spacial score (nSPS) is 18.2. The zero-order valence-corrected chi connectivity index (χ0v) is 13.3. The highest BCUT2D eigenvalue weighted by Crippen LogP contribution is 2.22. The van der Waals surface area contributed by atoms with Crippen molar-refractivity contribution in [2.24, 2.45) is 0 Å². The maximum absolute atomic E-state index is 13.2. The zero-order chi connectivity index (χ0) is 17.3. The standard InChI is InChI=1S/C16H14F2N2O3S/c17-13-7-6-12(10-14(13)18)24(22,23)19-15-8-9-20(16(15)21)11-4-2-1-3-5-11/h1-7,10,15,19H,8-9H2/t15-/m1/s1. The van der Waals surface area contributed by atoms with Gasteiger partial charge in [0.25, 0.3) is 0 Å². The molecule has 1 fully saturated rings. The number of nitrogens with zero attached hydrogens (tertiary/aromatic N) is 1. The molecule has 0 bridgehead atoms. The van der Waals surface area contributed by atoms with Crippen molar-refractivity contribution in [1.29, 1.82) is 0 Å². The minimum atomic E-state index is -4.13. The topological polar surface area (TPSA) is 66.5 Å². The van der Waals surface area contributed by atoms with Crippen LogP contribution >= 0.6 is 0 Å². The van der Waals surface area contributed by atoms with Crippen LogP contribution in [0.3, 0.4) is 0 Å². The summed E-state index contributed by atoms with van der Waals surface area (Å²) in [5, 5.41) is 0. The third kappa shape index (κ3) is 3.15. The van der Waals surface area contributed by atoms with Crippen molar-refractivity contribution in [3.63, 3.8) is 0 Å². The van der Waals surface area contributed by atoms with Gasteiger partial charge in [0.05, 0.1) is 4.90 Å². The summed E-state index contributed by atoms with van der Waals surface area (Å²) in [7, 11) is -4.13. The van der Waals surface area contributed by atoms with E-state index in [1.807, 2.05) is 6.07 Å². The Morgan fingerprint density at radius 3 is 2.42 bits per heavy atom. The maximum atomic E-state index is 13.2. The number of para-hydroxylation sites is 1. The molecule has 2 aromatic rings. The van der Waals surface area contributed by atoms with Crippen molar-refractivity contribution < 1.29 is 22.0 Å². The van der Waals surface area contributed by atoms with Crippen molar-refractivity contribution in [2.75, 3.05) is 11.4 Å². The molecule has 24 heavy (non-hydrogen) atoms. The van der Waals surface area contributed by atoms with Gasteiger partial charge in [-0.05, 0) is 36.8 Å². The predicted molar refractivity (Wildman–Crippen MR) is 83.9 cm³/mol. The van der Waals surface area contributed by atoms with Gasteiger partial charge in [-0.1, -0.05) is 18.2 Å². The summed E-state index contributed by atoms with van der Waals surface area (Å²) < 4.78 is 53.0. The van der Waals surface area contributed by atoms with Crippen LogP contribution in [0.2, 0.25) is 0 Å². The molecule has 0 saturated carbocycles. The highest BCUT2D eigenvalue weighted by atomic mass is 32.2. The Kier molecular flexibility index (Phi) is 4.33. The second-order valence-electron chi connectivity index (χ2n) is 5.36. The number of hydrogen-bond donors (Lipinski definition) is 1. The molecular formula is C16H14F2N2O3S. The van der Waals surface area contributed by atoms with Crippen LogP contribution in [0.25, 0.3) is 0 Å². The van der Waals surface area contributed by atoms with E-state index in [0.717, 1.165) is 12.1 Å². The molecule has 1 amide bonds. The van der Waals surface area contributed by atoms with Gasteiger partial charge in [0.1, 0.15) is 6.04 Å². The fraction of sp³-hybridized carbons (Fsp3) is 0.188. The van der Waals surface area contributed by atoms with Crippen LogP contribution < -0.4 is 9.62 Å². The van der Waals surface area contributed by atoms with E-state index in [1.54, 1.807) is 24.3 Å². The molecule has 1 aliphatic heterocycles. The molecule has 1 N–H and O–H groups in total. The quantitative estimate of drug-likeness (QED) is 0.916. The highest BCUT2D eigenvalue weighted by Gasteiger charge is 2.35. The number of sulfonamides is 1. The van der Waals surface area contributed by atoms with Gasteiger partial charge in [-0.2, -0.15) is 4.72 Å². The molecule has 8 heteroatoms. The minimum Gasteiger partial charge on any atom is -0.311 e. The van der Waals surface area contributed by atoms with Gasteiger partial charge in [0.2, 0.25) is 15.9 Å². The van der Waals surface area contributed by atoms with E-state index in [1.165, 1.54) is 4.90 Å². The smallest absolute Gasteiger partial charge is 0.245 e. The molecule has 126 valence electrons. The Morgan fingerprint density at radius 2 is 1.75 bits per heavy atom. The monoisotopic (exact) mass is 352 g/mol. The number of benzene rings is 2. The molecule has 5 nitrogen and oxygen atoms in total. The van der Waals surface area contributed by atoms with Gasteiger partial charge in [0, 0.05) is 12.2 Å². The van der Waals surface area contributed by atoms with Crippen LogP contribution in [0.15, 0.2) is 53.4 Å². The minimum absolute atomic E-state index is 0.288. The molecule has 0 aromatic heterocycles. The molecule has 3 rings (SSSR count). The Hall–Kier alpha value is -2.32. The van der Waals surface area contributed by atoms with Gasteiger partial charge in [-0.3, -0.25) is 4.79 Å². The number of carbonyl (C=O) groups excluding carboxylic acids is 1. The largest absolute Gasteiger partial charge is 0.311 e. The van der Waals surface area contributed by atoms with Gasteiger partial charge in [-0.25, -0.2) is 17.2 Å². The van der Waals surface area contributed by atoms with E-state index in [0.29, 0.717) is 18.3 Å². The van der Waals surface area contributed by atoms with Crippen molar-refractivity contribution in [3.05, 3.63) is 60.2 Å². The Bertz CT molecular complexity index is 872. The highest BCUT2D eigenvalue weighted by molar-refractivity contribution is 7.89. The summed E-state index contributed by atoms with van der Waals surface area (Å²) in [5.41, 5.74) is 0.678. The van der Waals surface area contributed by atoms with Crippen LogP contribution in [0.5, 0.6) is 0 Å². The molecule has 0 aliphatic carbocycles. The number of amides is 1. The van der Waals surface area contributed by atoms with Crippen LogP contribution in [-0.4, -0.2) is 26.9 Å². The van der Waals surface area contributed by atoms with E-state index >= 15 is 0 Å². The summed E-state index contributed by atoms with van der Waals surface area (Å²) in [6.07, 6.45) is 0.288. The second kappa shape index (κ2) is 6.29. The third-order valence-corrected chi connectivity index (χ3v) is 5.24. The fourth-order valence-electron chi connectivity index (χ4n) is 2.55. The number of rotatable bonds is 4. The number of nitrogens with one attached hydrogen (secondary N) is 1. The van der Waals surface area contributed by atoms with Crippen molar-refractivity contribution >= 4 is 21.6 Å². The predicted octanol–water partition coefficient (Wildman–Crippen LogP) is 2.05. The lowest BCUT2D eigenvalue weighted by Crippen LogP contribution is -2.41. The first-order valence-electron chi connectivity index (χ1n) is 7.22. The van der Waals surface area contributed by atoms with Crippen molar-refractivity contribution in [2.45, 2.75) is 17.4 Å². The molecule has 1 aliphatic rings. The molecule has 1 saturated heterocycles. The van der Waals surface area contributed by atoms with Crippen molar-refractivity contribution in [1.82, 2.24) is 4.72 Å². The zero-order valence-electron chi connectivity index (χ0n) is 12.4. The molecule has 0 unspecified atom stereocenters. The summed E-state index contributed by atoms with van der Waals surface area (Å²) in [4.78, 5) is 13.5. The Labute approximate surface area is 138 Å². The lowest BCUT2D eigenvalue weighted by atomic mass is 10.3. The molecule has 0 spiro atoms. The number of carbonyl (C=O) groups is 1. The second-order valence-corrected chi connectivity index (χ2v) is 7.08. The summed E-state index contributed by atoms with van der Waals surface area (Å²) in [6.45, 7) is 0.369. The first-order valence-corrected chi connectivity index (χ1v) is 8.70. The number of anilines is 1. The molecular weight excluding hydrogens is 338 g/mol. The number of halogens is 2. The maximum Gasteiger partial charge on any atom is 0.245 e. The lowest BCUT2D eigenvalue weighted by molar-refractivity contribution is -0.118. The molecule has 1 heterocycles. The fourth-order valence-corrected chi connectivity index (χ4v) is 3.79. The van der Waals surface area contributed by atoms with Gasteiger partial charge in [-0.15, -0.1) is 0 Å². The Balaban J connectivity index is 1.78. The first kappa shape index (κ1) is 16.5. The van der Waals surface area contributed by atoms with E-state index in [-0.39, 0.29) is 12.3 Å². The average Bonchev–Trinajstić information content (AvgIpc) is 2.91. The van der Waals surface area contributed by atoms with Crippen LogP contribution in [0.4, 0.5) is 14.5 Å². The number of hydrogen-bond acceptors (Lipinski definition) is 3. The van der Waals surface area contributed by atoms with Crippen LogP contribution in [-0.2, 0) is 14.8 Å². The third-order valence-electron chi connectivity index (χ3n) is 3.77. The molecule has 0 radical (unpaired) electrons. The van der Waals surface area contributed by atoms with Crippen molar-refractivity contribution in [3.8, 4) is 0 Å². The van der Waals surface area contributed by atoms with E-state index < -0.39 is 32.6 Å². The van der Waals surface area contributed by atoms with Crippen LogP contribution in [0, 0.1) is 11.6 Å². The van der Waals surface area contributed by atoms with Gasteiger partial charge in [0.15, 0.2) is 11.6 Å². The summed E-state index contributed by atoms with van der Waals surface area (Å²) >= 11 is 0. The SMILES string of the molecule is O=C1[C@H](NS(=O)(=O)c2ccc(F)c(F)c2)CCN1c1ccccc1. The summed E-state index contributed by atoms with van der Waals surface area (Å²) in [6, 6.07) is 10.2. The molecule has 2 aromatic carbocycles. The average molecular weight is 352 g/mol. The van der Waals surface area contributed by atoms with Crippen LogP contribution in [0.1, 0.15) is 6.42 Å². The van der Waals surface area contributed by atoms with E-state index in [2.05, 4.69) is 4.72 Å².